The zero-order chi connectivity index (χ0) is 14.5. The summed E-state index contributed by atoms with van der Waals surface area (Å²) in [5, 5.41) is 0. The number of pyridine rings is 1. The Morgan fingerprint density at radius 1 is 1.15 bits per heavy atom. The molecule has 0 aliphatic heterocycles. The Hall–Kier alpha value is -1.87. The molecule has 3 heteroatoms. The van der Waals surface area contributed by atoms with Gasteiger partial charge in [0.2, 0.25) is 5.88 Å². The van der Waals surface area contributed by atoms with Gasteiger partial charge in [-0.15, -0.1) is 0 Å². The van der Waals surface area contributed by atoms with Crippen LogP contribution in [0.4, 0.5) is 0 Å². The van der Waals surface area contributed by atoms with Crippen molar-refractivity contribution in [2.45, 2.75) is 40.2 Å². The molecule has 2 rings (SSSR count). The van der Waals surface area contributed by atoms with Gasteiger partial charge in [0, 0.05) is 18.3 Å². The molecule has 20 heavy (non-hydrogen) atoms. The van der Waals surface area contributed by atoms with Gasteiger partial charge in [-0.25, -0.2) is 4.98 Å². The van der Waals surface area contributed by atoms with E-state index in [4.69, 9.17) is 10.5 Å². The molecule has 0 aliphatic carbocycles. The van der Waals surface area contributed by atoms with Crippen molar-refractivity contribution in [3.8, 4) is 11.6 Å². The SMILES string of the molecule is CCCc1cc(CN)cc(Oc2ccc(C)cc2C)n1. The van der Waals surface area contributed by atoms with Crippen LogP contribution in [0.2, 0.25) is 0 Å². The van der Waals surface area contributed by atoms with Gasteiger partial charge in [-0.2, -0.15) is 0 Å². The van der Waals surface area contributed by atoms with Crippen LogP contribution < -0.4 is 10.5 Å². The summed E-state index contributed by atoms with van der Waals surface area (Å²) < 4.78 is 5.93. The van der Waals surface area contributed by atoms with Gasteiger partial charge in [0.25, 0.3) is 0 Å². The van der Waals surface area contributed by atoms with Crippen LogP contribution in [0.1, 0.15) is 35.7 Å². The summed E-state index contributed by atoms with van der Waals surface area (Å²) in [6.45, 7) is 6.76. The van der Waals surface area contributed by atoms with Crippen molar-refractivity contribution < 1.29 is 4.74 Å². The molecule has 2 aromatic rings. The predicted molar refractivity (Wildman–Crippen MR) is 82.1 cm³/mol. The summed E-state index contributed by atoms with van der Waals surface area (Å²) in [7, 11) is 0. The number of benzene rings is 1. The molecule has 106 valence electrons. The second kappa shape index (κ2) is 6.53. The Balaban J connectivity index is 2.29. The molecule has 0 radical (unpaired) electrons. The Labute approximate surface area is 120 Å². The van der Waals surface area contributed by atoms with Gasteiger partial charge in [-0.3, -0.25) is 0 Å². The standard InChI is InChI=1S/C17H22N2O/c1-4-5-15-9-14(11-18)10-17(19-15)20-16-7-6-12(2)8-13(16)3/h6-10H,4-5,11,18H2,1-3H3. The third-order valence-corrected chi connectivity index (χ3v) is 3.20. The molecular formula is C17H22N2O. The summed E-state index contributed by atoms with van der Waals surface area (Å²) in [6, 6.07) is 10.1. The lowest BCUT2D eigenvalue weighted by Crippen LogP contribution is -2.01. The fraction of sp³-hybridized carbons (Fsp3) is 0.353. The summed E-state index contributed by atoms with van der Waals surface area (Å²) in [4.78, 5) is 4.55. The fourth-order valence-corrected chi connectivity index (χ4v) is 2.20. The van der Waals surface area contributed by atoms with E-state index in [1.165, 1.54) is 5.56 Å². The van der Waals surface area contributed by atoms with Crippen molar-refractivity contribution in [2.75, 3.05) is 0 Å². The number of hydrogen-bond donors (Lipinski definition) is 1. The molecule has 2 N–H and O–H groups in total. The highest BCUT2D eigenvalue weighted by Gasteiger charge is 2.06. The molecule has 0 spiro atoms. The maximum Gasteiger partial charge on any atom is 0.219 e. The second-order valence-corrected chi connectivity index (χ2v) is 5.13. The highest BCUT2D eigenvalue weighted by atomic mass is 16.5. The molecular weight excluding hydrogens is 248 g/mol. The monoisotopic (exact) mass is 270 g/mol. The van der Waals surface area contributed by atoms with Gasteiger partial charge >= 0.3 is 0 Å². The Kier molecular flexibility index (Phi) is 4.74. The van der Waals surface area contributed by atoms with E-state index >= 15 is 0 Å². The van der Waals surface area contributed by atoms with E-state index in [1.54, 1.807) is 0 Å². The van der Waals surface area contributed by atoms with Crippen molar-refractivity contribution >= 4 is 0 Å². The molecule has 0 unspecified atom stereocenters. The minimum absolute atomic E-state index is 0.502. The van der Waals surface area contributed by atoms with Crippen molar-refractivity contribution in [1.29, 1.82) is 0 Å². The molecule has 0 aliphatic rings. The number of aromatic nitrogens is 1. The molecule has 0 saturated carbocycles. The van der Waals surface area contributed by atoms with Crippen molar-refractivity contribution in [2.24, 2.45) is 5.73 Å². The predicted octanol–water partition coefficient (Wildman–Crippen LogP) is 3.90. The third kappa shape index (κ3) is 3.58. The van der Waals surface area contributed by atoms with Crippen molar-refractivity contribution in [1.82, 2.24) is 4.98 Å². The quantitative estimate of drug-likeness (QED) is 0.896. The van der Waals surface area contributed by atoms with Crippen LogP contribution in [-0.2, 0) is 13.0 Å². The van der Waals surface area contributed by atoms with Gasteiger partial charge in [-0.1, -0.05) is 31.0 Å². The summed E-state index contributed by atoms with van der Waals surface area (Å²) in [6.07, 6.45) is 2.00. The van der Waals surface area contributed by atoms with Gasteiger partial charge in [-0.05, 0) is 43.5 Å². The zero-order valence-electron chi connectivity index (χ0n) is 12.4. The summed E-state index contributed by atoms with van der Waals surface area (Å²) >= 11 is 0. The molecule has 1 aromatic carbocycles. The summed E-state index contributed by atoms with van der Waals surface area (Å²) in [5.74, 6) is 1.48. The molecule has 0 atom stereocenters. The largest absolute Gasteiger partial charge is 0.439 e. The number of hydrogen-bond acceptors (Lipinski definition) is 3. The number of ether oxygens (including phenoxy) is 1. The molecule has 0 saturated heterocycles. The Bertz CT molecular complexity index is 594. The summed E-state index contributed by atoms with van der Waals surface area (Å²) in [5.41, 5.74) is 10.2. The minimum atomic E-state index is 0.502. The van der Waals surface area contributed by atoms with E-state index < -0.39 is 0 Å². The number of nitrogens with two attached hydrogens (primary N) is 1. The first-order chi connectivity index (χ1) is 9.62. The lowest BCUT2D eigenvalue weighted by molar-refractivity contribution is 0.456. The molecule has 3 nitrogen and oxygen atoms in total. The van der Waals surface area contributed by atoms with E-state index in [0.29, 0.717) is 12.4 Å². The van der Waals surface area contributed by atoms with Crippen LogP contribution >= 0.6 is 0 Å². The Morgan fingerprint density at radius 2 is 1.95 bits per heavy atom. The van der Waals surface area contributed by atoms with Crippen LogP contribution in [0.25, 0.3) is 0 Å². The van der Waals surface area contributed by atoms with Crippen LogP contribution in [0.15, 0.2) is 30.3 Å². The van der Waals surface area contributed by atoms with Crippen LogP contribution in [0, 0.1) is 13.8 Å². The highest BCUT2D eigenvalue weighted by Crippen LogP contribution is 2.25. The number of nitrogens with zero attached hydrogens (tertiary/aromatic N) is 1. The van der Waals surface area contributed by atoms with Crippen molar-refractivity contribution in [3.05, 3.63) is 52.7 Å². The first-order valence-corrected chi connectivity index (χ1v) is 7.07. The smallest absolute Gasteiger partial charge is 0.219 e. The molecule has 1 heterocycles. The average molecular weight is 270 g/mol. The highest BCUT2D eigenvalue weighted by molar-refractivity contribution is 5.38. The van der Waals surface area contributed by atoms with E-state index in [-0.39, 0.29) is 0 Å². The van der Waals surface area contributed by atoms with E-state index in [2.05, 4.69) is 31.0 Å². The first kappa shape index (κ1) is 14.5. The van der Waals surface area contributed by atoms with Crippen LogP contribution in [-0.4, -0.2) is 4.98 Å². The number of rotatable bonds is 5. The fourth-order valence-electron chi connectivity index (χ4n) is 2.20. The maximum absolute atomic E-state index is 5.93. The third-order valence-electron chi connectivity index (χ3n) is 3.20. The van der Waals surface area contributed by atoms with E-state index in [0.717, 1.165) is 35.4 Å². The van der Waals surface area contributed by atoms with Crippen LogP contribution in [0.3, 0.4) is 0 Å². The van der Waals surface area contributed by atoms with Crippen molar-refractivity contribution in [3.63, 3.8) is 0 Å². The second-order valence-electron chi connectivity index (χ2n) is 5.13. The first-order valence-electron chi connectivity index (χ1n) is 7.07. The van der Waals surface area contributed by atoms with Gasteiger partial charge in [0.05, 0.1) is 0 Å². The topological polar surface area (TPSA) is 48.1 Å². The molecule has 0 amide bonds. The normalized spacial score (nSPS) is 10.6. The molecule has 0 bridgehead atoms. The lowest BCUT2D eigenvalue weighted by atomic mass is 10.1. The number of aryl methyl sites for hydroxylation is 3. The van der Waals surface area contributed by atoms with Gasteiger partial charge in [0.1, 0.15) is 5.75 Å². The van der Waals surface area contributed by atoms with Crippen LogP contribution in [0.5, 0.6) is 11.6 Å². The Morgan fingerprint density at radius 3 is 2.60 bits per heavy atom. The lowest BCUT2D eigenvalue weighted by Gasteiger charge is -2.11. The van der Waals surface area contributed by atoms with E-state index in [9.17, 15) is 0 Å². The minimum Gasteiger partial charge on any atom is -0.439 e. The van der Waals surface area contributed by atoms with Gasteiger partial charge in [0.15, 0.2) is 0 Å². The maximum atomic E-state index is 5.93. The average Bonchev–Trinajstić information content (AvgIpc) is 2.42. The van der Waals surface area contributed by atoms with Gasteiger partial charge < -0.3 is 10.5 Å². The molecule has 0 fully saturated rings. The zero-order valence-corrected chi connectivity index (χ0v) is 12.4. The van der Waals surface area contributed by atoms with E-state index in [1.807, 2.05) is 25.1 Å². The molecule has 1 aromatic heterocycles.